The van der Waals surface area contributed by atoms with Crippen LogP contribution in [0.25, 0.3) is 0 Å². The maximum Gasteiger partial charge on any atom is 0.414 e. The smallest absolute Gasteiger partial charge is 0.414 e. The normalized spacial score (nSPS) is 22.6. The first-order valence-corrected chi connectivity index (χ1v) is 8.38. The fourth-order valence-electron chi connectivity index (χ4n) is 2.54. The predicted molar refractivity (Wildman–Crippen MR) is 85.9 cm³/mol. The van der Waals surface area contributed by atoms with Gasteiger partial charge in [-0.25, -0.2) is 9.18 Å². The van der Waals surface area contributed by atoms with Crippen LogP contribution in [-0.2, 0) is 9.47 Å². The second kappa shape index (κ2) is 6.35. The third kappa shape index (κ3) is 3.08. The number of alkyl halides is 1. The van der Waals surface area contributed by atoms with Gasteiger partial charge in [-0.05, 0) is 18.2 Å². The molecule has 0 saturated carbocycles. The van der Waals surface area contributed by atoms with E-state index in [-0.39, 0.29) is 11.9 Å². The van der Waals surface area contributed by atoms with E-state index in [2.05, 4.69) is 22.6 Å². The van der Waals surface area contributed by atoms with Gasteiger partial charge in [0.2, 0.25) is 0 Å². The van der Waals surface area contributed by atoms with Crippen molar-refractivity contribution in [2.45, 2.75) is 6.10 Å². The molecule has 0 bridgehead atoms. The van der Waals surface area contributed by atoms with Gasteiger partial charge < -0.3 is 14.4 Å². The van der Waals surface area contributed by atoms with E-state index in [1.54, 1.807) is 12.1 Å². The Hall–Kier alpha value is -1.09. The molecule has 0 N–H and O–H groups in total. The van der Waals surface area contributed by atoms with Crippen molar-refractivity contribution in [2.24, 2.45) is 0 Å². The highest BCUT2D eigenvalue weighted by molar-refractivity contribution is 14.1. The maximum absolute atomic E-state index is 14.3. The first-order valence-electron chi connectivity index (χ1n) is 6.85. The van der Waals surface area contributed by atoms with Crippen LogP contribution in [0.15, 0.2) is 18.2 Å². The predicted octanol–water partition coefficient (Wildman–Crippen LogP) is 2.42. The van der Waals surface area contributed by atoms with E-state index in [1.807, 2.05) is 4.90 Å². The molecule has 1 aromatic carbocycles. The summed E-state index contributed by atoms with van der Waals surface area (Å²) in [5.74, 6) is -0.319. The Morgan fingerprint density at radius 2 is 2.10 bits per heavy atom. The minimum Gasteiger partial charge on any atom is -0.443 e. The lowest BCUT2D eigenvalue weighted by Crippen LogP contribution is -2.36. The summed E-state index contributed by atoms with van der Waals surface area (Å²) < 4.78 is 25.5. The van der Waals surface area contributed by atoms with Gasteiger partial charge in [-0.15, -0.1) is 0 Å². The summed E-state index contributed by atoms with van der Waals surface area (Å²) in [5, 5.41) is 0. The molecule has 2 heterocycles. The summed E-state index contributed by atoms with van der Waals surface area (Å²) in [6.45, 7) is 3.05. The quantitative estimate of drug-likeness (QED) is 0.572. The third-order valence-corrected chi connectivity index (χ3v) is 4.62. The summed E-state index contributed by atoms with van der Waals surface area (Å²) in [6.07, 6.45) is -0.532. The van der Waals surface area contributed by atoms with Gasteiger partial charge in [0.25, 0.3) is 0 Å². The van der Waals surface area contributed by atoms with E-state index in [4.69, 9.17) is 9.47 Å². The number of hydrogen-bond acceptors (Lipinski definition) is 4. The van der Waals surface area contributed by atoms with E-state index >= 15 is 0 Å². The molecule has 0 aromatic heterocycles. The van der Waals surface area contributed by atoms with Crippen LogP contribution in [0, 0.1) is 5.82 Å². The molecule has 2 aliphatic heterocycles. The van der Waals surface area contributed by atoms with Crippen LogP contribution in [0.4, 0.5) is 20.6 Å². The molecule has 1 amide bonds. The SMILES string of the molecule is O=C1O[C@@H](CI)CN1c1ccc(N2CCOCC2)c(F)c1. The van der Waals surface area contributed by atoms with Crippen molar-refractivity contribution in [1.82, 2.24) is 0 Å². The van der Waals surface area contributed by atoms with Crippen molar-refractivity contribution in [2.75, 3.05) is 47.1 Å². The van der Waals surface area contributed by atoms with Crippen molar-refractivity contribution < 1.29 is 18.7 Å². The van der Waals surface area contributed by atoms with Gasteiger partial charge in [0.05, 0.1) is 31.1 Å². The zero-order valence-corrected chi connectivity index (χ0v) is 13.6. The molecular formula is C14H16FIN2O3. The summed E-state index contributed by atoms with van der Waals surface area (Å²) in [5.41, 5.74) is 1.10. The molecule has 0 aliphatic carbocycles. The Morgan fingerprint density at radius 1 is 1.33 bits per heavy atom. The van der Waals surface area contributed by atoms with Gasteiger partial charge in [0, 0.05) is 17.5 Å². The number of morpholine rings is 1. The van der Waals surface area contributed by atoms with E-state index < -0.39 is 6.09 Å². The Morgan fingerprint density at radius 3 is 2.71 bits per heavy atom. The average Bonchev–Trinajstić information content (AvgIpc) is 2.89. The van der Waals surface area contributed by atoms with Crippen LogP contribution in [0.2, 0.25) is 0 Å². The zero-order valence-electron chi connectivity index (χ0n) is 11.4. The topological polar surface area (TPSA) is 42.0 Å². The lowest BCUT2D eigenvalue weighted by molar-refractivity contribution is 0.122. The highest BCUT2D eigenvalue weighted by Crippen LogP contribution is 2.28. The van der Waals surface area contributed by atoms with E-state index in [0.717, 1.165) is 4.43 Å². The maximum atomic E-state index is 14.3. The monoisotopic (exact) mass is 406 g/mol. The molecule has 114 valence electrons. The van der Waals surface area contributed by atoms with Crippen molar-refractivity contribution >= 4 is 40.1 Å². The van der Waals surface area contributed by atoms with Crippen molar-refractivity contribution in [3.63, 3.8) is 0 Å². The lowest BCUT2D eigenvalue weighted by Gasteiger charge is -2.29. The Balaban J connectivity index is 1.79. The molecule has 5 nitrogen and oxygen atoms in total. The zero-order chi connectivity index (χ0) is 14.8. The molecule has 0 spiro atoms. The fourth-order valence-corrected chi connectivity index (χ4v) is 3.00. The van der Waals surface area contributed by atoms with Crippen molar-refractivity contribution in [1.29, 1.82) is 0 Å². The molecule has 0 radical (unpaired) electrons. The number of benzene rings is 1. The first-order chi connectivity index (χ1) is 10.2. The Labute approximate surface area is 136 Å². The summed E-state index contributed by atoms with van der Waals surface area (Å²) in [7, 11) is 0. The average molecular weight is 406 g/mol. The molecule has 2 fully saturated rings. The first kappa shape index (κ1) is 14.8. The summed E-state index contributed by atoms with van der Waals surface area (Å²) >= 11 is 2.17. The number of nitrogens with zero attached hydrogens (tertiary/aromatic N) is 2. The molecule has 1 atom stereocenters. The Bertz CT molecular complexity index is 537. The summed E-state index contributed by atoms with van der Waals surface area (Å²) in [6, 6.07) is 4.90. The van der Waals surface area contributed by atoms with Gasteiger partial charge in [-0.1, -0.05) is 22.6 Å². The van der Waals surface area contributed by atoms with Crippen molar-refractivity contribution in [3.05, 3.63) is 24.0 Å². The number of anilines is 2. The minimum atomic E-state index is -0.407. The third-order valence-electron chi connectivity index (χ3n) is 3.64. The standard InChI is InChI=1S/C14H16FIN2O3/c15-12-7-10(18-9-11(8-16)21-14(18)19)1-2-13(12)17-3-5-20-6-4-17/h1-2,7,11H,3-6,8-9H2/t11-/m0/s1. The minimum absolute atomic E-state index is 0.125. The number of ether oxygens (including phenoxy) is 2. The molecular weight excluding hydrogens is 390 g/mol. The second-order valence-electron chi connectivity index (χ2n) is 5.01. The highest BCUT2D eigenvalue weighted by atomic mass is 127. The van der Waals surface area contributed by atoms with E-state index in [0.29, 0.717) is 44.2 Å². The largest absolute Gasteiger partial charge is 0.443 e. The number of halogens is 2. The number of rotatable bonds is 3. The van der Waals surface area contributed by atoms with Gasteiger partial charge >= 0.3 is 6.09 Å². The molecule has 2 saturated heterocycles. The summed E-state index contributed by atoms with van der Waals surface area (Å²) in [4.78, 5) is 15.2. The van der Waals surface area contributed by atoms with Gasteiger partial charge in [-0.3, -0.25) is 4.90 Å². The van der Waals surface area contributed by atoms with Crippen LogP contribution in [0.5, 0.6) is 0 Å². The number of carbonyl (C=O) groups is 1. The molecule has 3 rings (SSSR count). The fraction of sp³-hybridized carbons (Fsp3) is 0.500. The lowest BCUT2D eigenvalue weighted by atomic mass is 10.2. The van der Waals surface area contributed by atoms with Crippen LogP contribution in [0.3, 0.4) is 0 Å². The molecule has 1 aromatic rings. The van der Waals surface area contributed by atoms with E-state index in [1.165, 1.54) is 11.0 Å². The second-order valence-corrected chi connectivity index (χ2v) is 5.89. The van der Waals surface area contributed by atoms with Crippen LogP contribution in [0.1, 0.15) is 0 Å². The highest BCUT2D eigenvalue weighted by Gasteiger charge is 2.32. The van der Waals surface area contributed by atoms with Crippen LogP contribution < -0.4 is 9.80 Å². The molecule has 2 aliphatic rings. The van der Waals surface area contributed by atoms with Crippen LogP contribution >= 0.6 is 22.6 Å². The van der Waals surface area contributed by atoms with Crippen LogP contribution in [-0.4, -0.2) is 49.5 Å². The number of amides is 1. The van der Waals surface area contributed by atoms with Crippen molar-refractivity contribution in [3.8, 4) is 0 Å². The Kier molecular flexibility index (Phi) is 4.48. The molecule has 0 unspecified atom stereocenters. The van der Waals surface area contributed by atoms with E-state index in [9.17, 15) is 9.18 Å². The number of cyclic esters (lactones) is 1. The van der Waals surface area contributed by atoms with Gasteiger partial charge in [-0.2, -0.15) is 0 Å². The number of carbonyl (C=O) groups excluding carboxylic acids is 1. The molecule has 7 heteroatoms. The van der Waals surface area contributed by atoms with Gasteiger partial charge in [0.1, 0.15) is 11.9 Å². The molecule has 21 heavy (non-hydrogen) atoms. The van der Waals surface area contributed by atoms with Gasteiger partial charge in [0.15, 0.2) is 0 Å². The number of hydrogen-bond donors (Lipinski definition) is 0.